The van der Waals surface area contributed by atoms with Gasteiger partial charge in [-0.3, -0.25) is 0 Å². The Hall–Kier alpha value is -0.960. The number of hydrogen-bond donors (Lipinski definition) is 0. The molecule has 1 aromatic heterocycles. The molecule has 0 aliphatic heterocycles. The number of hydrogen-bond acceptors (Lipinski definition) is 2. The molecular formula is C9H7BrN2. The zero-order chi connectivity index (χ0) is 8.55. The highest BCUT2D eigenvalue weighted by molar-refractivity contribution is 9.10. The van der Waals surface area contributed by atoms with Crippen LogP contribution in [0.1, 0.15) is 5.56 Å². The van der Waals surface area contributed by atoms with Gasteiger partial charge in [-0.25, -0.2) is 9.97 Å². The van der Waals surface area contributed by atoms with Crippen molar-refractivity contribution in [2.45, 2.75) is 6.92 Å². The molecule has 2 aromatic rings. The van der Waals surface area contributed by atoms with E-state index in [1.54, 1.807) is 0 Å². The molecule has 0 aliphatic carbocycles. The summed E-state index contributed by atoms with van der Waals surface area (Å²) in [6.45, 7) is 2.04. The van der Waals surface area contributed by atoms with Crippen LogP contribution in [0.3, 0.4) is 0 Å². The Labute approximate surface area is 78.8 Å². The molecule has 0 fully saturated rings. The zero-order valence-electron chi connectivity index (χ0n) is 6.58. The van der Waals surface area contributed by atoms with E-state index in [9.17, 15) is 0 Å². The molecule has 0 aliphatic rings. The van der Waals surface area contributed by atoms with E-state index in [1.165, 1.54) is 5.56 Å². The monoisotopic (exact) mass is 222 g/mol. The van der Waals surface area contributed by atoms with Crippen molar-refractivity contribution in [1.82, 2.24) is 9.97 Å². The molecule has 12 heavy (non-hydrogen) atoms. The minimum atomic E-state index is 0.643. The average molecular weight is 223 g/mol. The molecule has 3 heteroatoms. The molecule has 0 saturated carbocycles. The van der Waals surface area contributed by atoms with Crippen LogP contribution in [0, 0.1) is 6.92 Å². The first-order chi connectivity index (χ1) is 5.77. The Morgan fingerprint density at radius 2 is 2.17 bits per heavy atom. The van der Waals surface area contributed by atoms with Gasteiger partial charge in [-0.15, -0.1) is 0 Å². The maximum absolute atomic E-state index is 4.28. The number of nitrogens with zero attached hydrogens (tertiary/aromatic N) is 2. The van der Waals surface area contributed by atoms with Crippen molar-refractivity contribution < 1.29 is 0 Å². The second kappa shape index (κ2) is 2.83. The van der Waals surface area contributed by atoms with E-state index in [4.69, 9.17) is 0 Å². The average Bonchev–Trinajstić information content (AvgIpc) is 2.07. The van der Waals surface area contributed by atoms with Crippen molar-refractivity contribution in [2.24, 2.45) is 0 Å². The van der Waals surface area contributed by atoms with Gasteiger partial charge in [-0.2, -0.15) is 0 Å². The van der Waals surface area contributed by atoms with Crippen LogP contribution in [0.4, 0.5) is 0 Å². The highest BCUT2D eigenvalue weighted by Crippen LogP contribution is 2.16. The van der Waals surface area contributed by atoms with E-state index in [2.05, 4.69) is 25.9 Å². The second-order valence-corrected chi connectivity index (χ2v) is 3.36. The SMILES string of the molecule is Cc1cccc2cnc(Br)nc12. The summed E-state index contributed by atoms with van der Waals surface area (Å²) < 4.78 is 0.643. The maximum atomic E-state index is 4.28. The first-order valence-corrected chi connectivity index (χ1v) is 4.44. The summed E-state index contributed by atoms with van der Waals surface area (Å²) in [6.07, 6.45) is 1.82. The molecule has 0 amide bonds. The Morgan fingerprint density at radius 3 is 3.00 bits per heavy atom. The molecule has 0 bridgehead atoms. The molecule has 0 spiro atoms. The molecule has 0 saturated heterocycles. The van der Waals surface area contributed by atoms with E-state index in [0.717, 1.165) is 10.9 Å². The molecule has 60 valence electrons. The number of fused-ring (bicyclic) bond motifs is 1. The minimum Gasteiger partial charge on any atom is -0.230 e. The largest absolute Gasteiger partial charge is 0.230 e. The predicted octanol–water partition coefficient (Wildman–Crippen LogP) is 2.70. The fraction of sp³-hybridized carbons (Fsp3) is 0.111. The summed E-state index contributed by atoms with van der Waals surface area (Å²) in [7, 11) is 0. The topological polar surface area (TPSA) is 25.8 Å². The number of aromatic nitrogens is 2. The van der Waals surface area contributed by atoms with Crippen LogP contribution in [-0.2, 0) is 0 Å². The highest BCUT2D eigenvalue weighted by atomic mass is 79.9. The molecule has 0 unspecified atom stereocenters. The lowest BCUT2D eigenvalue weighted by atomic mass is 10.2. The third kappa shape index (κ3) is 1.20. The fourth-order valence-corrected chi connectivity index (χ4v) is 1.46. The number of aryl methyl sites for hydroxylation is 1. The minimum absolute atomic E-state index is 0.643. The van der Waals surface area contributed by atoms with Crippen LogP contribution in [0.25, 0.3) is 10.9 Å². The molecule has 0 atom stereocenters. The van der Waals surface area contributed by atoms with Crippen LogP contribution < -0.4 is 0 Å². The Morgan fingerprint density at radius 1 is 1.33 bits per heavy atom. The van der Waals surface area contributed by atoms with Crippen LogP contribution in [0.5, 0.6) is 0 Å². The third-order valence-corrected chi connectivity index (χ3v) is 2.17. The van der Waals surface area contributed by atoms with Gasteiger partial charge in [0, 0.05) is 11.6 Å². The Kier molecular flexibility index (Phi) is 1.81. The quantitative estimate of drug-likeness (QED) is 0.641. The molecule has 2 rings (SSSR count). The highest BCUT2D eigenvalue weighted by Gasteiger charge is 1.98. The normalized spacial score (nSPS) is 10.5. The van der Waals surface area contributed by atoms with Crippen molar-refractivity contribution in [3.8, 4) is 0 Å². The van der Waals surface area contributed by atoms with Crippen LogP contribution in [0.2, 0.25) is 0 Å². The summed E-state index contributed by atoms with van der Waals surface area (Å²) in [5.41, 5.74) is 2.19. The standard InChI is InChI=1S/C9H7BrN2/c1-6-3-2-4-7-5-11-9(10)12-8(6)7/h2-5H,1H3. The number of benzene rings is 1. The Balaban J connectivity index is 2.88. The molecule has 1 aromatic carbocycles. The van der Waals surface area contributed by atoms with Crippen molar-refractivity contribution in [3.63, 3.8) is 0 Å². The lowest BCUT2D eigenvalue weighted by Crippen LogP contribution is -1.86. The molecule has 0 N–H and O–H groups in total. The molecule has 1 heterocycles. The van der Waals surface area contributed by atoms with Gasteiger partial charge >= 0.3 is 0 Å². The van der Waals surface area contributed by atoms with E-state index in [1.807, 2.05) is 31.3 Å². The fourth-order valence-electron chi connectivity index (χ4n) is 1.18. The van der Waals surface area contributed by atoms with Gasteiger partial charge in [0.15, 0.2) is 4.73 Å². The number of halogens is 1. The van der Waals surface area contributed by atoms with Gasteiger partial charge in [0.2, 0.25) is 0 Å². The van der Waals surface area contributed by atoms with Crippen LogP contribution >= 0.6 is 15.9 Å². The summed E-state index contributed by atoms with van der Waals surface area (Å²) in [4.78, 5) is 8.33. The van der Waals surface area contributed by atoms with Gasteiger partial charge in [-0.05, 0) is 28.4 Å². The van der Waals surface area contributed by atoms with Crippen molar-refractivity contribution >= 4 is 26.8 Å². The van der Waals surface area contributed by atoms with Crippen molar-refractivity contribution in [3.05, 3.63) is 34.7 Å². The van der Waals surface area contributed by atoms with Gasteiger partial charge in [0.05, 0.1) is 5.52 Å². The van der Waals surface area contributed by atoms with Gasteiger partial charge in [0.1, 0.15) is 0 Å². The zero-order valence-corrected chi connectivity index (χ0v) is 8.17. The lowest BCUT2D eigenvalue weighted by molar-refractivity contribution is 1.15. The lowest BCUT2D eigenvalue weighted by Gasteiger charge is -1.99. The molecule has 2 nitrogen and oxygen atoms in total. The van der Waals surface area contributed by atoms with Crippen LogP contribution in [-0.4, -0.2) is 9.97 Å². The molecule has 0 radical (unpaired) electrons. The smallest absolute Gasteiger partial charge is 0.197 e. The van der Waals surface area contributed by atoms with Crippen molar-refractivity contribution in [1.29, 1.82) is 0 Å². The van der Waals surface area contributed by atoms with Crippen molar-refractivity contribution in [2.75, 3.05) is 0 Å². The van der Waals surface area contributed by atoms with Crippen LogP contribution in [0.15, 0.2) is 29.1 Å². The second-order valence-electron chi connectivity index (χ2n) is 2.65. The first kappa shape index (κ1) is 7.68. The van der Waals surface area contributed by atoms with Gasteiger partial charge in [0.25, 0.3) is 0 Å². The van der Waals surface area contributed by atoms with E-state index in [-0.39, 0.29) is 0 Å². The summed E-state index contributed by atoms with van der Waals surface area (Å²) in [5, 5.41) is 1.08. The summed E-state index contributed by atoms with van der Waals surface area (Å²) in [6, 6.07) is 6.06. The number of rotatable bonds is 0. The van der Waals surface area contributed by atoms with E-state index >= 15 is 0 Å². The van der Waals surface area contributed by atoms with E-state index < -0.39 is 0 Å². The van der Waals surface area contributed by atoms with Gasteiger partial charge < -0.3 is 0 Å². The summed E-state index contributed by atoms with van der Waals surface area (Å²) in [5.74, 6) is 0. The Bertz CT molecular complexity index is 426. The first-order valence-electron chi connectivity index (χ1n) is 3.65. The summed E-state index contributed by atoms with van der Waals surface area (Å²) >= 11 is 3.24. The molecular weight excluding hydrogens is 216 g/mol. The predicted molar refractivity (Wildman–Crippen MR) is 52.0 cm³/mol. The third-order valence-electron chi connectivity index (χ3n) is 1.78. The van der Waals surface area contributed by atoms with E-state index in [0.29, 0.717) is 4.73 Å². The number of para-hydroxylation sites is 1. The van der Waals surface area contributed by atoms with Gasteiger partial charge in [-0.1, -0.05) is 18.2 Å². The maximum Gasteiger partial charge on any atom is 0.197 e.